The van der Waals surface area contributed by atoms with Crippen LogP contribution in [-0.4, -0.2) is 38.1 Å². The highest BCUT2D eigenvalue weighted by atomic mass is 35.5. The first-order valence-corrected chi connectivity index (χ1v) is 6.11. The Balaban J connectivity index is 0.00000289. The lowest BCUT2D eigenvalue weighted by molar-refractivity contribution is -0.151. The van der Waals surface area contributed by atoms with Gasteiger partial charge >= 0.3 is 5.97 Å². The number of nitrogens with one attached hydrogen (secondary N) is 2. The standard InChI is InChI=1S/C12H22N2O3.ClH/c1-9(8-13-2)10(15)14-12(11(16)17-3)6-4-5-7-12;/h9,13H,4-8H2,1-3H3,(H,14,15);1H. The monoisotopic (exact) mass is 278 g/mol. The van der Waals surface area contributed by atoms with Gasteiger partial charge in [0.15, 0.2) is 0 Å². The third kappa shape index (κ3) is 3.85. The van der Waals surface area contributed by atoms with E-state index in [2.05, 4.69) is 10.6 Å². The summed E-state index contributed by atoms with van der Waals surface area (Å²) in [7, 11) is 3.17. The Morgan fingerprint density at radius 1 is 1.33 bits per heavy atom. The number of amides is 1. The molecule has 18 heavy (non-hydrogen) atoms. The first-order chi connectivity index (χ1) is 8.05. The van der Waals surface area contributed by atoms with Crippen molar-refractivity contribution in [3.8, 4) is 0 Å². The van der Waals surface area contributed by atoms with E-state index in [9.17, 15) is 9.59 Å². The van der Waals surface area contributed by atoms with Crippen molar-refractivity contribution in [2.75, 3.05) is 20.7 Å². The number of ether oxygens (including phenoxy) is 1. The fraction of sp³-hybridized carbons (Fsp3) is 0.833. The Bertz CT molecular complexity index is 291. The Labute approximate surface area is 114 Å². The molecule has 1 rings (SSSR count). The minimum Gasteiger partial charge on any atom is -0.467 e. The number of carbonyl (C=O) groups is 2. The van der Waals surface area contributed by atoms with E-state index in [0.717, 1.165) is 12.8 Å². The van der Waals surface area contributed by atoms with Gasteiger partial charge in [0.25, 0.3) is 0 Å². The molecule has 6 heteroatoms. The van der Waals surface area contributed by atoms with Crippen LogP contribution in [0.2, 0.25) is 0 Å². The van der Waals surface area contributed by atoms with Crippen molar-refractivity contribution in [3.63, 3.8) is 0 Å². The van der Waals surface area contributed by atoms with Crippen molar-refractivity contribution >= 4 is 24.3 Å². The van der Waals surface area contributed by atoms with E-state index in [0.29, 0.717) is 19.4 Å². The Morgan fingerprint density at radius 3 is 2.33 bits per heavy atom. The van der Waals surface area contributed by atoms with Gasteiger partial charge in [0.05, 0.1) is 7.11 Å². The van der Waals surface area contributed by atoms with Gasteiger partial charge in [-0.2, -0.15) is 0 Å². The van der Waals surface area contributed by atoms with Crippen LogP contribution in [0.15, 0.2) is 0 Å². The van der Waals surface area contributed by atoms with Crippen LogP contribution in [-0.2, 0) is 14.3 Å². The summed E-state index contributed by atoms with van der Waals surface area (Å²) in [5, 5.41) is 5.83. The number of esters is 1. The summed E-state index contributed by atoms with van der Waals surface area (Å²) in [6.45, 7) is 2.44. The zero-order chi connectivity index (χ0) is 12.9. The number of hydrogen-bond acceptors (Lipinski definition) is 4. The second-order valence-electron chi connectivity index (χ2n) is 4.73. The maximum atomic E-state index is 12.0. The molecule has 0 spiro atoms. The summed E-state index contributed by atoms with van der Waals surface area (Å²) < 4.78 is 4.81. The molecular weight excluding hydrogens is 256 g/mol. The molecule has 0 saturated heterocycles. The summed E-state index contributed by atoms with van der Waals surface area (Å²) in [4.78, 5) is 23.8. The Kier molecular flexibility index (Phi) is 7.25. The molecule has 0 aromatic rings. The molecule has 1 saturated carbocycles. The molecule has 1 atom stereocenters. The SMILES string of the molecule is CNCC(C)C(=O)NC1(C(=O)OC)CCCC1.Cl. The third-order valence-corrected chi connectivity index (χ3v) is 3.35. The van der Waals surface area contributed by atoms with E-state index in [1.165, 1.54) is 7.11 Å². The van der Waals surface area contributed by atoms with Crippen molar-refractivity contribution in [3.05, 3.63) is 0 Å². The molecule has 1 fully saturated rings. The van der Waals surface area contributed by atoms with Crippen LogP contribution in [0.3, 0.4) is 0 Å². The summed E-state index contributed by atoms with van der Waals surface area (Å²) >= 11 is 0. The number of halogens is 1. The zero-order valence-corrected chi connectivity index (χ0v) is 12.1. The molecule has 1 amide bonds. The van der Waals surface area contributed by atoms with Crippen LogP contribution in [0, 0.1) is 5.92 Å². The van der Waals surface area contributed by atoms with Gasteiger partial charge in [-0.15, -0.1) is 12.4 Å². The van der Waals surface area contributed by atoms with Crippen molar-refractivity contribution in [1.29, 1.82) is 0 Å². The molecule has 1 unspecified atom stereocenters. The van der Waals surface area contributed by atoms with E-state index in [4.69, 9.17) is 4.74 Å². The second kappa shape index (κ2) is 7.59. The van der Waals surface area contributed by atoms with Gasteiger partial charge < -0.3 is 15.4 Å². The smallest absolute Gasteiger partial charge is 0.331 e. The summed E-state index contributed by atoms with van der Waals surface area (Å²) in [5.41, 5.74) is -0.784. The molecule has 0 aliphatic heterocycles. The predicted molar refractivity (Wildman–Crippen MR) is 71.7 cm³/mol. The molecule has 0 bridgehead atoms. The van der Waals surface area contributed by atoms with Crippen LogP contribution in [0.1, 0.15) is 32.6 Å². The number of methoxy groups -OCH3 is 1. The molecule has 0 radical (unpaired) electrons. The normalized spacial score (nSPS) is 18.6. The molecule has 106 valence electrons. The van der Waals surface area contributed by atoms with E-state index in [1.807, 2.05) is 6.92 Å². The maximum Gasteiger partial charge on any atom is 0.331 e. The minimum atomic E-state index is -0.784. The Hall–Kier alpha value is -0.810. The van der Waals surface area contributed by atoms with E-state index in [-0.39, 0.29) is 30.2 Å². The fourth-order valence-corrected chi connectivity index (χ4v) is 2.31. The quantitative estimate of drug-likeness (QED) is 0.732. The number of carbonyl (C=O) groups excluding carboxylic acids is 2. The van der Waals surface area contributed by atoms with Gasteiger partial charge in [0.1, 0.15) is 5.54 Å². The molecular formula is C12H23ClN2O3. The van der Waals surface area contributed by atoms with Crippen LogP contribution >= 0.6 is 12.4 Å². The average molecular weight is 279 g/mol. The van der Waals surface area contributed by atoms with Crippen LogP contribution in [0.4, 0.5) is 0 Å². The molecule has 1 aliphatic carbocycles. The predicted octanol–water partition coefficient (Wildman–Crippen LogP) is 0.866. The molecule has 0 heterocycles. The molecule has 0 aromatic heterocycles. The lowest BCUT2D eigenvalue weighted by Crippen LogP contribution is -2.55. The van der Waals surface area contributed by atoms with Gasteiger partial charge in [-0.05, 0) is 19.9 Å². The van der Waals surface area contributed by atoms with Gasteiger partial charge in [0.2, 0.25) is 5.91 Å². The van der Waals surface area contributed by atoms with Gasteiger partial charge in [-0.25, -0.2) is 4.79 Å². The minimum absolute atomic E-state index is 0. The lowest BCUT2D eigenvalue weighted by Gasteiger charge is -2.28. The maximum absolute atomic E-state index is 12.0. The molecule has 5 nitrogen and oxygen atoms in total. The number of hydrogen-bond donors (Lipinski definition) is 2. The molecule has 2 N–H and O–H groups in total. The van der Waals surface area contributed by atoms with Crippen LogP contribution in [0.5, 0.6) is 0 Å². The summed E-state index contributed by atoms with van der Waals surface area (Å²) in [6, 6.07) is 0. The van der Waals surface area contributed by atoms with E-state index >= 15 is 0 Å². The van der Waals surface area contributed by atoms with Crippen molar-refractivity contribution in [2.24, 2.45) is 5.92 Å². The lowest BCUT2D eigenvalue weighted by atomic mass is 9.96. The highest BCUT2D eigenvalue weighted by Gasteiger charge is 2.43. The fourth-order valence-electron chi connectivity index (χ4n) is 2.31. The van der Waals surface area contributed by atoms with Crippen molar-refractivity contribution in [1.82, 2.24) is 10.6 Å². The topological polar surface area (TPSA) is 67.4 Å². The molecule has 0 aromatic carbocycles. The first kappa shape index (κ1) is 17.2. The van der Waals surface area contributed by atoms with Gasteiger partial charge in [-0.1, -0.05) is 19.8 Å². The van der Waals surface area contributed by atoms with E-state index < -0.39 is 5.54 Å². The Morgan fingerprint density at radius 2 is 1.89 bits per heavy atom. The van der Waals surface area contributed by atoms with Gasteiger partial charge in [0, 0.05) is 12.5 Å². The summed E-state index contributed by atoms with van der Waals surface area (Å²) in [5.74, 6) is -0.561. The average Bonchev–Trinajstić information content (AvgIpc) is 2.78. The first-order valence-electron chi connectivity index (χ1n) is 6.11. The van der Waals surface area contributed by atoms with Crippen LogP contribution in [0.25, 0.3) is 0 Å². The molecule has 1 aliphatic rings. The third-order valence-electron chi connectivity index (χ3n) is 3.35. The van der Waals surface area contributed by atoms with Gasteiger partial charge in [-0.3, -0.25) is 4.79 Å². The highest BCUT2D eigenvalue weighted by molar-refractivity contribution is 5.89. The van der Waals surface area contributed by atoms with Crippen molar-refractivity contribution < 1.29 is 14.3 Å². The van der Waals surface area contributed by atoms with Crippen LogP contribution < -0.4 is 10.6 Å². The largest absolute Gasteiger partial charge is 0.467 e. The van der Waals surface area contributed by atoms with Crippen molar-refractivity contribution in [2.45, 2.75) is 38.1 Å². The second-order valence-corrected chi connectivity index (χ2v) is 4.73. The number of rotatable bonds is 5. The summed E-state index contributed by atoms with van der Waals surface area (Å²) in [6.07, 6.45) is 3.26. The van der Waals surface area contributed by atoms with E-state index in [1.54, 1.807) is 7.05 Å². The zero-order valence-electron chi connectivity index (χ0n) is 11.2. The highest BCUT2D eigenvalue weighted by Crippen LogP contribution is 2.31.